The van der Waals surface area contributed by atoms with Crippen LogP contribution in [-0.4, -0.2) is 20.9 Å². The zero-order valence-corrected chi connectivity index (χ0v) is 6.36. The number of aromatic nitrogens is 2. The van der Waals surface area contributed by atoms with Gasteiger partial charge < -0.3 is 11.0 Å². The van der Waals surface area contributed by atoms with Gasteiger partial charge in [0.15, 0.2) is 0 Å². The highest BCUT2D eigenvalue weighted by Gasteiger charge is 1.87. The summed E-state index contributed by atoms with van der Waals surface area (Å²) in [4.78, 5) is 7.97. The minimum Gasteiger partial charge on any atom is -0.412 e. The molecular weight excluding hydrogens is 156 g/mol. The zero-order chi connectivity index (χ0) is 6.81. The third-order valence-corrected chi connectivity index (χ3v) is 1.44. The maximum Gasteiger partial charge on any atom is 0.0347 e. The molecule has 0 unspecified atom stereocenters. The van der Waals surface area contributed by atoms with Gasteiger partial charge in [0.05, 0.1) is 0 Å². The van der Waals surface area contributed by atoms with E-state index in [9.17, 15) is 0 Å². The Kier molecular flexibility index (Phi) is 3.82. The molecular formula is C8H10N2O2. The van der Waals surface area contributed by atoms with Crippen LogP contribution in [0.25, 0.3) is 10.8 Å². The van der Waals surface area contributed by atoms with Crippen LogP contribution < -0.4 is 0 Å². The van der Waals surface area contributed by atoms with E-state index >= 15 is 0 Å². The molecule has 0 bridgehead atoms. The molecule has 2 heterocycles. The highest BCUT2D eigenvalue weighted by atomic mass is 16.0. The Morgan fingerprint density at radius 2 is 1.17 bits per heavy atom. The average Bonchev–Trinajstić information content (AvgIpc) is 2.05. The summed E-state index contributed by atoms with van der Waals surface area (Å²) in [5.41, 5.74) is 0. The molecule has 0 saturated carbocycles. The number of hydrogen-bond acceptors (Lipinski definition) is 2. The first-order chi connectivity index (χ1) is 4.97. The van der Waals surface area contributed by atoms with Crippen molar-refractivity contribution >= 4 is 10.8 Å². The summed E-state index contributed by atoms with van der Waals surface area (Å²) in [6.45, 7) is 0. The lowest BCUT2D eigenvalue weighted by Crippen LogP contribution is -1.74. The number of hydrogen-bond donors (Lipinski definition) is 0. The standard InChI is InChI=1S/C8H6N2.2H2O/c1-3-9-6-8-2-4-10-5-7(1)8;;/h1-6H;2*1H2. The van der Waals surface area contributed by atoms with Gasteiger partial charge in [-0.05, 0) is 12.1 Å². The molecule has 0 saturated heterocycles. The fourth-order valence-corrected chi connectivity index (χ4v) is 0.921. The fourth-order valence-electron chi connectivity index (χ4n) is 0.921. The lowest BCUT2D eigenvalue weighted by atomic mass is 10.2. The fraction of sp³-hybridized carbons (Fsp3) is 0. The van der Waals surface area contributed by atoms with Crippen molar-refractivity contribution in [1.29, 1.82) is 0 Å². The smallest absolute Gasteiger partial charge is 0.0347 e. The first-order valence-electron chi connectivity index (χ1n) is 3.10. The molecule has 4 N–H and O–H groups in total. The second kappa shape index (κ2) is 4.38. The zero-order valence-electron chi connectivity index (χ0n) is 6.36. The van der Waals surface area contributed by atoms with Crippen molar-refractivity contribution in [3.63, 3.8) is 0 Å². The van der Waals surface area contributed by atoms with Crippen LogP contribution in [0.2, 0.25) is 0 Å². The van der Waals surface area contributed by atoms with E-state index in [-0.39, 0.29) is 11.0 Å². The van der Waals surface area contributed by atoms with Gasteiger partial charge in [-0.15, -0.1) is 0 Å². The van der Waals surface area contributed by atoms with E-state index in [0.717, 1.165) is 10.8 Å². The average molecular weight is 166 g/mol. The molecule has 0 aliphatic heterocycles. The molecule has 0 aromatic carbocycles. The molecule has 0 atom stereocenters. The van der Waals surface area contributed by atoms with Crippen molar-refractivity contribution in [3.8, 4) is 0 Å². The molecule has 12 heavy (non-hydrogen) atoms. The van der Waals surface area contributed by atoms with Gasteiger partial charge in [-0.3, -0.25) is 9.97 Å². The van der Waals surface area contributed by atoms with Gasteiger partial charge in [-0.2, -0.15) is 0 Å². The van der Waals surface area contributed by atoms with Crippen molar-refractivity contribution < 1.29 is 11.0 Å². The van der Waals surface area contributed by atoms with Crippen LogP contribution in [0.5, 0.6) is 0 Å². The molecule has 0 spiro atoms. The monoisotopic (exact) mass is 166 g/mol. The first-order valence-corrected chi connectivity index (χ1v) is 3.10. The van der Waals surface area contributed by atoms with E-state index in [0.29, 0.717) is 0 Å². The van der Waals surface area contributed by atoms with Crippen LogP contribution in [0, 0.1) is 0 Å². The van der Waals surface area contributed by atoms with Crippen molar-refractivity contribution in [3.05, 3.63) is 36.9 Å². The van der Waals surface area contributed by atoms with E-state index in [1.54, 1.807) is 12.4 Å². The first kappa shape index (κ1) is 10.5. The maximum atomic E-state index is 3.99. The van der Waals surface area contributed by atoms with Crippen LogP contribution in [0.15, 0.2) is 36.9 Å². The van der Waals surface area contributed by atoms with Gasteiger partial charge in [0, 0.05) is 35.6 Å². The Morgan fingerprint density at radius 1 is 0.750 bits per heavy atom. The van der Waals surface area contributed by atoms with Crippen LogP contribution in [0.3, 0.4) is 0 Å². The van der Waals surface area contributed by atoms with Crippen LogP contribution in [-0.2, 0) is 0 Å². The van der Waals surface area contributed by atoms with Gasteiger partial charge in [-0.25, -0.2) is 0 Å². The maximum absolute atomic E-state index is 3.99. The Hall–Kier alpha value is -1.52. The minimum atomic E-state index is 0. The normalized spacial score (nSPS) is 8.33. The molecule has 2 aromatic rings. The summed E-state index contributed by atoms with van der Waals surface area (Å²) in [5, 5.41) is 2.27. The Bertz CT molecular complexity index is 286. The number of fused-ring (bicyclic) bond motifs is 1. The molecule has 0 aliphatic carbocycles. The van der Waals surface area contributed by atoms with Crippen molar-refractivity contribution in [2.45, 2.75) is 0 Å². The van der Waals surface area contributed by atoms with Crippen molar-refractivity contribution in [2.75, 3.05) is 0 Å². The lowest BCUT2D eigenvalue weighted by Gasteiger charge is -1.91. The largest absolute Gasteiger partial charge is 0.412 e. The minimum absolute atomic E-state index is 0. The summed E-state index contributed by atoms with van der Waals surface area (Å²) in [6.07, 6.45) is 7.20. The lowest BCUT2D eigenvalue weighted by molar-refractivity contribution is 0.823. The number of nitrogens with zero attached hydrogens (tertiary/aromatic N) is 2. The van der Waals surface area contributed by atoms with E-state index < -0.39 is 0 Å². The topological polar surface area (TPSA) is 88.8 Å². The van der Waals surface area contributed by atoms with Gasteiger partial charge in [0.25, 0.3) is 0 Å². The van der Waals surface area contributed by atoms with Crippen molar-refractivity contribution in [1.82, 2.24) is 9.97 Å². The third-order valence-electron chi connectivity index (χ3n) is 1.44. The van der Waals surface area contributed by atoms with Crippen molar-refractivity contribution in [2.24, 2.45) is 0 Å². The van der Waals surface area contributed by atoms with Gasteiger partial charge in [0.1, 0.15) is 0 Å². The predicted octanol–water partition coefficient (Wildman–Crippen LogP) is -0.0196. The summed E-state index contributed by atoms with van der Waals surface area (Å²) in [5.74, 6) is 0. The quantitative estimate of drug-likeness (QED) is 0.550. The van der Waals surface area contributed by atoms with Gasteiger partial charge >= 0.3 is 0 Å². The molecule has 0 fully saturated rings. The highest BCUT2D eigenvalue weighted by molar-refractivity contribution is 5.79. The molecule has 0 aliphatic rings. The van der Waals surface area contributed by atoms with Gasteiger partial charge in [0.2, 0.25) is 0 Å². The van der Waals surface area contributed by atoms with E-state index in [1.165, 1.54) is 0 Å². The molecule has 0 radical (unpaired) electrons. The highest BCUT2D eigenvalue weighted by Crippen LogP contribution is 2.07. The number of rotatable bonds is 0. The van der Waals surface area contributed by atoms with E-state index in [1.807, 2.05) is 24.5 Å². The molecule has 4 nitrogen and oxygen atoms in total. The Labute approximate surface area is 69.5 Å². The molecule has 64 valence electrons. The SMILES string of the molecule is O.O.c1cc2cnccc2cn1. The molecule has 2 aromatic heterocycles. The molecule has 0 amide bonds. The summed E-state index contributed by atoms with van der Waals surface area (Å²) in [7, 11) is 0. The predicted molar refractivity (Wildman–Crippen MR) is 46.8 cm³/mol. The Balaban J connectivity index is 0.000000605. The third kappa shape index (κ3) is 1.75. The molecule has 2 rings (SSSR count). The summed E-state index contributed by atoms with van der Waals surface area (Å²) < 4.78 is 0. The summed E-state index contributed by atoms with van der Waals surface area (Å²) >= 11 is 0. The second-order valence-electron chi connectivity index (χ2n) is 2.10. The number of pyridine rings is 2. The Morgan fingerprint density at radius 3 is 1.58 bits per heavy atom. The molecule has 4 heteroatoms. The second-order valence-corrected chi connectivity index (χ2v) is 2.10. The van der Waals surface area contributed by atoms with Crippen LogP contribution in [0.1, 0.15) is 0 Å². The van der Waals surface area contributed by atoms with Crippen LogP contribution in [0.4, 0.5) is 0 Å². The van der Waals surface area contributed by atoms with E-state index in [4.69, 9.17) is 0 Å². The van der Waals surface area contributed by atoms with E-state index in [2.05, 4.69) is 9.97 Å². The summed E-state index contributed by atoms with van der Waals surface area (Å²) in [6, 6.07) is 3.89. The van der Waals surface area contributed by atoms with Gasteiger partial charge in [-0.1, -0.05) is 0 Å². The van der Waals surface area contributed by atoms with Crippen LogP contribution >= 0.6 is 0 Å².